The van der Waals surface area contributed by atoms with Crippen molar-refractivity contribution in [1.29, 1.82) is 0 Å². The van der Waals surface area contributed by atoms with Crippen molar-refractivity contribution in [3.8, 4) is 11.4 Å². The van der Waals surface area contributed by atoms with E-state index in [1.54, 1.807) is 30.3 Å². The number of amides is 1. The number of nitrogens with zero attached hydrogens (tertiary/aromatic N) is 7. The zero-order valence-corrected chi connectivity index (χ0v) is 17.9. The molecule has 4 heterocycles. The Balaban J connectivity index is 1.43. The molecule has 0 radical (unpaired) electrons. The number of carbonyl (C=O) groups excluding carboxylic acids is 1. The second kappa shape index (κ2) is 7.64. The number of hydrogen-bond acceptors (Lipinski definition) is 7. The molecule has 3 aromatic rings. The summed E-state index contributed by atoms with van der Waals surface area (Å²) in [6.45, 7) is 5.29. The van der Waals surface area contributed by atoms with Crippen molar-refractivity contribution in [2.75, 3.05) is 25.1 Å². The molecule has 2 aliphatic rings. The van der Waals surface area contributed by atoms with Crippen molar-refractivity contribution in [2.24, 2.45) is 0 Å². The molecule has 2 saturated heterocycles. The quantitative estimate of drug-likeness (QED) is 0.640. The van der Waals surface area contributed by atoms with Crippen LogP contribution in [-0.2, 0) is 0 Å². The average molecular weight is 419 g/mol. The highest BCUT2D eigenvalue weighted by molar-refractivity contribution is 5.98. The standard InChI is InChI=1S/C22H25N7O2/c1-14-10-15(2)25-22(24-14)29-16-4-5-17(29)13-27(12-16)21(30)19-7-6-18(31-3)11-20(19)28-9-8-23-26-28/h6-11,16-17H,4-5,12-13H2,1-3H3. The molecule has 2 aliphatic heterocycles. The van der Waals surface area contributed by atoms with Gasteiger partial charge < -0.3 is 14.5 Å². The van der Waals surface area contributed by atoms with Gasteiger partial charge in [0, 0.05) is 42.6 Å². The van der Waals surface area contributed by atoms with E-state index >= 15 is 0 Å². The first-order chi connectivity index (χ1) is 15.0. The number of fused-ring (bicyclic) bond motifs is 2. The van der Waals surface area contributed by atoms with Crippen molar-refractivity contribution in [3.63, 3.8) is 0 Å². The SMILES string of the molecule is COc1ccc(C(=O)N2CC3CCC(C2)N3c2nc(C)cc(C)n2)c(-n2ccnn2)c1. The van der Waals surface area contributed by atoms with E-state index in [2.05, 4.69) is 25.2 Å². The molecule has 2 aromatic heterocycles. The summed E-state index contributed by atoms with van der Waals surface area (Å²) >= 11 is 0. The van der Waals surface area contributed by atoms with E-state index in [0.717, 1.165) is 30.2 Å². The number of aryl methyl sites for hydroxylation is 2. The summed E-state index contributed by atoms with van der Waals surface area (Å²) < 4.78 is 6.95. The van der Waals surface area contributed by atoms with Gasteiger partial charge in [-0.1, -0.05) is 5.21 Å². The highest BCUT2D eigenvalue weighted by atomic mass is 16.5. The second-order valence-electron chi connectivity index (χ2n) is 8.18. The molecule has 2 bridgehead atoms. The van der Waals surface area contributed by atoms with Gasteiger partial charge in [-0.15, -0.1) is 5.10 Å². The molecular weight excluding hydrogens is 394 g/mol. The van der Waals surface area contributed by atoms with E-state index in [1.807, 2.05) is 36.9 Å². The number of aromatic nitrogens is 5. The van der Waals surface area contributed by atoms with Crippen LogP contribution in [0.25, 0.3) is 5.69 Å². The third-order valence-electron chi connectivity index (χ3n) is 6.08. The molecule has 1 aromatic carbocycles. The molecule has 0 spiro atoms. The predicted octanol–water partition coefficient (Wildman–Crippen LogP) is 2.18. The van der Waals surface area contributed by atoms with Crippen LogP contribution >= 0.6 is 0 Å². The lowest BCUT2D eigenvalue weighted by molar-refractivity contribution is 0.0716. The van der Waals surface area contributed by atoms with Crippen LogP contribution in [0.4, 0.5) is 5.95 Å². The fraction of sp³-hybridized carbons (Fsp3) is 0.409. The minimum absolute atomic E-state index is 0.00829. The molecule has 160 valence electrons. The van der Waals surface area contributed by atoms with Crippen LogP contribution in [0, 0.1) is 13.8 Å². The van der Waals surface area contributed by atoms with Crippen molar-refractivity contribution >= 4 is 11.9 Å². The lowest BCUT2D eigenvalue weighted by Gasteiger charge is -2.41. The molecule has 1 amide bonds. The van der Waals surface area contributed by atoms with Crippen LogP contribution in [-0.4, -0.2) is 68.1 Å². The molecule has 0 aliphatic carbocycles. The Bertz CT molecular complexity index is 1080. The number of methoxy groups -OCH3 is 1. The van der Waals surface area contributed by atoms with Gasteiger partial charge in [-0.2, -0.15) is 0 Å². The van der Waals surface area contributed by atoms with Crippen molar-refractivity contribution < 1.29 is 9.53 Å². The van der Waals surface area contributed by atoms with Crippen LogP contribution in [0.3, 0.4) is 0 Å². The van der Waals surface area contributed by atoms with Gasteiger partial charge in [0.15, 0.2) is 0 Å². The summed E-state index contributed by atoms with van der Waals surface area (Å²) in [6, 6.07) is 7.85. The smallest absolute Gasteiger partial charge is 0.256 e. The van der Waals surface area contributed by atoms with Gasteiger partial charge >= 0.3 is 0 Å². The van der Waals surface area contributed by atoms with Crippen LogP contribution in [0.1, 0.15) is 34.6 Å². The molecule has 9 heteroatoms. The number of carbonyl (C=O) groups is 1. The molecule has 9 nitrogen and oxygen atoms in total. The normalized spacial score (nSPS) is 20.2. The predicted molar refractivity (Wildman–Crippen MR) is 115 cm³/mol. The highest BCUT2D eigenvalue weighted by Gasteiger charge is 2.43. The molecule has 0 saturated carbocycles. The first kappa shape index (κ1) is 19.5. The number of likely N-dealkylation sites (tertiary alicyclic amines) is 1. The number of anilines is 1. The maximum Gasteiger partial charge on any atom is 0.256 e. The second-order valence-corrected chi connectivity index (χ2v) is 8.18. The van der Waals surface area contributed by atoms with Crippen molar-refractivity contribution in [3.05, 3.63) is 53.6 Å². The van der Waals surface area contributed by atoms with Gasteiger partial charge in [0.05, 0.1) is 30.8 Å². The first-order valence-electron chi connectivity index (χ1n) is 10.5. The molecule has 31 heavy (non-hydrogen) atoms. The Labute approximate surface area is 180 Å². The van der Waals surface area contributed by atoms with Gasteiger partial charge in [-0.05, 0) is 44.9 Å². The highest BCUT2D eigenvalue weighted by Crippen LogP contribution is 2.34. The summed E-state index contributed by atoms with van der Waals surface area (Å²) in [5.74, 6) is 1.44. The van der Waals surface area contributed by atoms with Gasteiger partial charge in [0.25, 0.3) is 5.91 Å². The average Bonchev–Trinajstić information content (AvgIpc) is 3.38. The largest absolute Gasteiger partial charge is 0.497 e. The topological polar surface area (TPSA) is 89.3 Å². The number of piperazine rings is 1. The summed E-state index contributed by atoms with van der Waals surface area (Å²) in [6.07, 6.45) is 5.38. The van der Waals surface area contributed by atoms with E-state index in [1.165, 1.54) is 0 Å². The van der Waals surface area contributed by atoms with Crippen LogP contribution < -0.4 is 9.64 Å². The monoisotopic (exact) mass is 419 g/mol. The van der Waals surface area contributed by atoms with E-state index in [0.29, 0.717) is 30.1 Å². The molecule has 2 unspecified atom stereocenters. The number of benzene rings is 1. The van der Waals surface area contributed by atoms with Crippen molar-refractivity contribution in [1.82, 2.24) is 29.9 Å². The third kappa shape index (κ3) is 3.49. The lowest BCUT2D eigenvalue weighted by Crippen LogP contribution is -2.56. The Morgan fingerprint density at radius 3 is 2.39 bits per heavy atom. The Hall–Kier alpha value is -3.49. The minimum atomic E-state index is -0.00829. The fourth-order valence-electron chi connectivity index (χ4n) is 4.73. The summed E-state index contributed by atoms with van der Waals surface area (Å²) in [5, 5.41) is 7.96. The molecular formula is C22H25N7O2. The van der Waals surface area contributed by atoms with Crippen LogP contribution in [0.2, 0.25) is 0 Å². The van der Waals surface area contributed by atoms with E-state index in [9.17, 15) is 4.79 Å². The molecule has 5 rings (SSSR count). The van der Waals surface area contributed by atoms with Gasteiger partial charge in [-0.3, -0.25) is 4.79 Å². The number of hydrogen-bond donors (Lipinski definition) is 0. The Morgan fingerprint density at radius 1 is 1.06 bits per heavy atom. The number of rotatable bonds is 4. The van der Waals surface area contributed by atoms with Gasteiger partial charge in [0.2, 0.25) is 5.95 Å². The third-order valence-corrected chi connectivity index (χ3v) is 6.08. The van der Waals surface area contributed by atoms with E-state index in [-0.39, 0.29) is 18.0 Å². The maximum absolute atomic E-state index is 13.6. The van der Waals surface area contributed by atoms with Crippen molar-refractivity contribution in [2.45, 2.75) is 38.8 Å². The zero-order valence-electron chi connectivity index (χ0n) is 17.9. The molecule has 0 N–H and O–H groups in total. The molecule has 2 atom stereocenters. The molecule has 2 fully saturated rings. The maximum atomic E-state index is 13.6. The van der Waals surface area contributed by atoms with Crippen LogP contribution in [0.5, 0.6) is 5.75 Å². The summed E-state index contributed by atoms with van der Waals surface area (Å²) in [5.41, 5.74) is 3.18. The minimum Gasteiger partial charge on any atom is -0.497 e. The summed E-state index contributed by atoms with van der Waals surface area (Å²) in [7, 11) is 1.61. The summed E-state index contributed by atoms with van der Waals surface area (Å²) in [4.78, 5) is 27.2. The van der Waals surface area contributed by atoms with Gasteiger partial charge in [0.1, 0.15) is 5.75 Å². The Morgan fingerprint density at radius 2 is 1.77 bits per heavy atom. The van der Waals surface area contributed by atoms with Gasteiger partial charge in [-0.25, -0.2) is 14.6 Å². The zero-order chi connectivity index (χ0) is 21.5. The first-order valence-corrected chi connectivity index (χ1v) is 10.5. The number of ether oxygens (including phenoxy) is 1. The van der Waals surface area contributed by atoms with Crippen LogP contribution in [0.15, 0.2) is 36.7 Å². The fourth-order valence-corrected chi connectivity index (χ4v) is 4.73. The lowest BCUT2D eigenvalue weighted by atomic mass is 10.1. The van der Waals surface area contributed by atoms with E-state index in [4.69, 9.17) is 4.74 Å². The van der Waals surface area contributed by atoms with E-state index < -0.39 is 0 Å². The Kier molecular flexibility index (Phi) is 4.80.